The highest BCUT2D eigenvalue weighted by Gasteiger charge is 2.22. The minimum atomic E-state index is -0.00359. The molecule has 1 N–H and O–H groups in total. The zero-order valence-corrected chi connectivity index (χ0v) is 13.4. The molecule has 2 heteroatoms. The average Bonchev–Trinajstić information content (AvgIpc) is 2.49. The molecule has 0 aliphatic heterocycles. The molecule has 0 radical (unpaired) electrons. The molecule has 1 atom stereocenters. The van der Waals surface area contributed by atoms with Crippen LogP contribution in [-0.2, 0) is 5.41 Å². The zero-order valence-electron chi connectivity index (χ0n) is 13.4. The highest BCUT2D eigenvalue weighted by molar-refractivity contribution is 5.39. The number of likely N-dealkylation sites (N-methyl/N-ethyl adjacent to an activating group) is 1. The second-order valence-corrected chi connectivity index (χ2v) is 6.00. The van der Waals surface area contributed by atoms with Crippen LogP contribution in [0.4, 0.5) is 0 Å². The Bertz CT molecular complexity index is 546. The molecular weight excluding hydrogens is 258 g/mol. The average molecular weight is 283 g/mol. The van der Waals surface area contributed by atoms with Crippen molar-refractivity contribution < 1.29 is 4.74 Å². The Labute approximate surface area is 128 Å². The van der Waals surface area contributed by atoms with Crippen molar-refractivity contribution in [3.63, 3.8) is 0 Å². The van der Waals surface area contributed by atoms with Crippen molar-refractivity contribution in [2.45, 2.75) is 32.3 Å². The van der Waals surface area contributed by atoms with Gasteiger partial charge < -0.3 is 10.1 Å². The molecule has 2 rings (SSSR count). The molecule has 0 fully saturated rings. The van der Waals surface area contributed by atoms with Crippen LogP contribution in [0.5, 0.6) is 5.75 Å². The first-order chi connectivity index (χ1) is 10.0. The van der Waals surface area contributed by atoms with Crippen LogP contribution < -0.4 is 10.1 Å². The van der Waals surface area contributed by atoms with E-state index in [1.807, 2.05) is 7.05 Å². The van der Waals surface area contributed by atoms with Crippen LogP contribution >= 0.6 is 0 Å². The van der Waals surface area contributed by atoms with Gasteiger partial charge in [-0.25, -0.2) is 0 Å². The predicted molar refractivity (Wildman–Crippen MR) is 89.0 cm³/mol. The van der Waals surface area contributed by atoms with E-state index in [1.54, 1.807) is 0 Å². The maximum atomic E-state index is 5.87. The van der Waals surface area contributed by atoms with Crippen molar-refractivity contribution in [2.24, 2.45) is 0 Å². The standard InChI is InChI=1S/C19H25NO/c1-15(14-20-4)21-18-12-10-17(11-13-18)19(2,3)16-8-6-5-7-9-16/h5-13,15,20H,14H2,1-4H3. The molecule has 0 aliphatic rings. The molecule has 2 nitrogen and oxygen atoms in total. The van der Waals surface area contributed by atoms with Crippen molar-refractivity contribution in [3.05, 3.63) is 65.7 Å². The summed E-state index contributed by atoms with van der Waals surface area (Å²) in [6, 6.07) is 19.0. The highest BCUT2D eigenvalue weighted by atomic mass is 16.5. The fourth-order valence-corrected chi connectivity index (χ4v) is 2.53. The summed E-state index contributed by atoms with van der Waals surface area (Å²) in [5.41, 5.74) is 2.61. The number of hydrogen-bond donors (Lipinski definition) is 1. The summed E-state index contributed by atoms with van der Waals surface area (Å²) in [6.07, 6.45) is 0.169. The molecule has 1 unspecified atom stereocenters. The highest BCUT2D eigenvalue weighted by Crippen LogP contribution is 2.32. The summed E-state index contributed by atoms with van der Waals surface area (Å²) < 4.78 is 5.87. The fourth-order valence-electron chi connectivity index (χ4n) is 2.53. The summed E-state index contributed by atoms with van der Waals surface area (Å²) in [4.78, 5) is 0. The van der Waals surface area contributed by atoms with Gasteiger partial charge >= 0.3 is 0 Å². The van der Waals surface area contributed by atoms with Crippen molar-refractivity contribution in [2.75, 3.05) is 13.6 Å². The van der Waals surface area contributed by atoms with E-state index >= 15 is 0 Å². The van der Waals surface area contributed by atoms with Gasteiger partial charge in [0.1, 0.15) is 11.9 Å². The van der Waals surface area contributed by atoms with E-state index in [4.69, 9.17) is 4.74 Å². The van der Waals surface area contributed by atoms with Crippen molar-refractivity contribution in [1.29, 1.82) is 0 Å². The van der Waals surface area contributed by atoms with E-state index in [1.165, 1.54) is 11.1 Å². The molecular formula is C19H25NO. The van der Waals surface area contributed by atoms with Crippen LogP contribution in [0.1, 0.15) is 31.9 Å². The summed E-state index contributed by atoms with van der Waals surface area (Å²) in [5, 5.41) is 3.12. The fraction of sp³-hybridized carbons (Fsp3) is 0.368. The van der Waals surface area contributed by atoms with Crippen LogP contribution in [-0.4, -0.2) is 19.7 Å². The maximum Gasteiger partial charge on any atom is 0.119 e. The number of benzene rings is 2. The summed E-state index contributed by atoms with van der Waals surface area (Å²) in [5.74, 6) is 0.922. The summed E-state index contributed by atoms with van der Waals surface area (Å²) in [7, 11) is 1.94. The van der Waals surface area contributed by atoms with Crippen molar-refractivity contribution in [3.8, 4) is 5.75 Å². The van der Waals surface area contributed by atoms with E-state index in [9.17, 15) is 0 Å². The molecule has 2 aromatic rings. The minimum absolute atomic E-state index is 0.00359. The second kappa shape index (κ2) is 6.77. The Balaban J connectivity index is 2.15. The SMILES string of the molecule is CNCC(C)Oc1ccc(C(C)(C)c2ccccc2)cc1. The molecule has 0 saturated carbocycles. The van der Waals surface area contributed by atoms with Gasteiger partial charge in [-0.15, -0.1) is 0 Å². The Kier molecular flexibility index (Phi) is 5.03. The molecule has 2 aromatic carbocycles. The van der Waals surface area contributed by atoms with E-state index in [0.29, 0.717) is 0 Å². The second-order valence-electron chi connectivity index (χ2n) is 6.00. The topological polar surface area (TPSA) is 21.3 Å². The van der Waals surface area contributed by atoms with E-state index in [0.717, 1.165) is 12.3 Å². The Morgan fingerprint density at radius 1 is 0.952 bits per heavy atom. The lowest BCUT2D eigenvalue weighted by Crippen LogP contribution is -2.26. The first-order valence-corrected chi connectivity index (χ1v) is 7.51. The first kappa shape index (κ1) is 15.6. The van der Waals surface area contributed by atoms with Gasteiger partial charge in [0.25, 0.3) is 0 Å². The third kappa shape index (κ3) is 3.85. The van der Waals surface area contributed by atoms with Gasteiger partial charge in [0.05, 0.1) is 0 Å². The van der Waals surface area contributed by atoms with E-state index in [2.05, 4.69) is 80.7 Å². The lowest BCUT2D eigenvalue weighted by molar-refractivity contribution is 0.220. The Hall–Kier alpha value is -1.80. The van der Waals surface area contributed by atoms with Gasteiger partial charge in [-0.05, 0) is 37.2 Å². The van der Waals surface area contributed by atoms with Crippen molar-refractivity contribution in [1.82, 2.24) is 5.32 Å². The lowest BCUT2D eigenvalue weighted by atomic mass is 9.78. The van der Waals surface area contributed by atoms with Gasteiger partial charge in [0.15, 0.2) is 0 Å². The molecule has 0 saturated heterocycles. The molecule has 21 heavy (non-hydrogen) atoms. The van der Waals surface area contributed by atoms with Crippen LogP contribution in [0.15, 0.2) is 54.6 Å². The normalized spacial score (nSPS) is 13.0. The molecule has 0 heterocycles. The van der Waals surface area contributed by atoms with Gasteiger partial charge in [-0.3, -0.25) is 0 Å². The van der Waals surface area contributed by atoms with Gasteiger partial charge in [0.2, 0.25) is 0 Å². The van der Waals surface area contributed by atoms with Crippen LogP contribution in [0, 0.1) is 0 Å². The van der Waals surface area contributed by atoms with Crippen LogP contribution in [0.3, 0.4) is 0 Å². The third-order valence-corrected chi connectivity index (χ3v) is 3.90. The predicted octanol–water partition coefficient (Wildman–Crippen LogP) is 4.00. The molecule has 112 valence electrons. The van der Waals surface area contributed by atoms with Crippen molar-refractivity contribution >= 4 is 0 Å². The van der Waals surface area contributed by atoms with Gasteiger partial charge in [-0.2, -0.15) is 0 Å². The summed E-state index contributed by atoms with van der Waals surface area (Å²) in [6.45, 7) is 7.42. The molecule has 0 spiro atoms. The van der Waals surface area contributed by atoms with E-state index in [-0.39, 0.29) is 11.5 Å². The quantitative estimate of drug-likeness (QED) is 0.865. The minimum Gasteiger partial charge on any atom is -0.489 e. The number of ether oxygens (including phenoxy) is 1. The van der Waals surface area contributed by atoms with Gasteiger partial charge in [-0.1, -0.05) is 56.3 Å². The van der Waals surface area contributed by atoms with Gasteiger partial charge in [0, 0.05) is 12.0 Å². The Morgan fingerprint density at radius 2 is 1.52 bits per heavy atom. The molecule has 0 aliphatic carbocycles. The first-order valence-electron chi connectivity index (χ1n) is 7.51. The largest absolute Gasteiger partial charge is 0.489 e. The number of hydrogen-bond acceptors (Lipinski definition) is 2. The molecule has 0 aromatic heterocycles. The molecule has 0 bridgehead atoms. The smallest absolute Gasteiger partial charge is 0.119 e. The summed E-state index contributed by atoms with van der Waals surface area (Å²) >= 11 is 0. The van der Waals surface area contributed by atoms with Crippen LogP contribution in [0.2, 0.25) is 0 Å². The lowest BCUT2D eigenvalue weighted by Gasteiger charge is -2.26. The monoisotopic (exact) mass is 283 g/mol. The van der Waals surface area contributed by atoms with Crippen LogP contribution in [0.25, 0.3) is 0 Å². The number of nitrogens with one attached hydrogen (secondary N) is 1. The Morgan fingerprint density at radius 3 is 2.10 bits per heavy atom. The van der Waals surface area contributed by atoms with E-state index < -0.39 is 0 Å². The molecule has 0 amide bonds. The zero-order chi connectivity index (χ0) is 15.3. The number of rotatable bonds is 6. The maximum absolute atomic E-state index is 5.87. The third-order valence-electron chi connectivity index (χ3n) is 3.90.